The molecule has 0 fully saturated rings. The van der Waals surface area contributed by atoms with E-state index in [1.807, 2.05) is 25.1 Å². The SMILES string of the molecule is CNC(=O)CCCOc1ccc(C(C)O)cc1C. The summed E-state index contributed by atoms with van der Waals surface area (Å²) in [6.07, 6.45) is 0.699. The molecule has 18 heavy (non-hydrogen) atoms. The van der Waals surface area contributed by atoms with Gasteiger partial charge in [0.25, 0.3) is 0 Å². The summed E-state index contributed by atoms with van der Waals surface area (Å²) in [5.41, 5.74) is 1.87. The minimum atomic E-state index is -0.467. The zero-order valence-electron chi connectivity index (χ0n) is 11.2. The predicted molar refractivity (Wildman–Crippen MR) is 70.6 cm³/mol. The molecule has 1 atom stereocenters. The van der Waals surface area contributed by atoms with Gasteiger partial charge in [-0.05, 0) is 43.5 Å². The van der Waals surface area contributed by atoms with Crippen molar-refractivity contribution in [2.24, 2.45) is 0 Å². The molecule has 0 heterocycles. The van der Waals surface area contributed by atoms with Gasteiger partial charge in [-0.3, -0.25) is 4.79 Å². The van der Waals surface area contributed by atoms with Crippen LogP contribution in [0.5, 0.6) is 5.75 Å². The van der Waals surface area contributed by atoms with Crippen LogP contribution in [0.3, 0.4) is 0 Å². The molecular formula is C14H21NO3. The molecule has 100 valence electrons. The third-order valence-electron chi connectivity index (χ3n) is 2.77. The summed E-state index contributed by atoms with van der Waals surface area (Å²) in [5, 5.41) is 12.0. The van der Waals surface area contributed by atoms with Gasteiger partial charge in [-0.25, -0.2) is 0 Å². The number of carbonyl (C=O) groups excluding carboxylic acids is 1. The molecule has 1 amide bonds. The van der Waals surface area contributed by atoms with Crippen molar-refractivity contribution in [3.05, 3.63) is 29.3 Å². The third-order valence-corrected chi connectivity index (χ3v) is 2.77. The number of hydrogen-bond acceptors (Lipinski definition) is 3. The van der Waals surface area contributed by atoms with Crippen LogP contribution in [0.15, 0.2) is 18.2 Å². The van der Waals surface area contributed by atoms with Crippen molar-refractivity contribution in [2.75, 3.05) is 13.7 Å². The Balaban J connectivity index is 2.45. The molecule has 1 aromatic carbocycles. The number of rotatable bonds is 6. The molecule has 0 radical (unpaired) electrons. The fraction of sp³-hybridized carbons (Fsp3) is 0.500. The number of carbonyl (C=O) groups is 1. The van der Waals surface area contributed by atoms with Gasteiger partial charge >= 0.3 is 0 Å². The second-order valence-corrected chi connectivity index (χ2v) is 4.33. The Morgan fingerprint density at radius 1 is 1.50 bits per heavy atom. The average Bonchev–Trinajstić information content (AvgIpc) is 2.35. The Morgan fingerprint density at radius 3 is 2.78 bits per heavy atom. The average molecular weight is 251 g/mol. The topological polar surface area (TPSA) is 58.6 Å². The second kappa shape index (κ2) is 7.01. The minimum Gasteiger partial charge on any atom is -0.493 e. The third kappa shape index (κ3) is 4.37. The molecule has 0 saturated carbocycles. The summed E-state index contributed by atoms with van der Waals surface area (Å²) in [6, 6.07) is 5.63. The number of aliphatic hydroxyl groups excluding tert-OH is 1. The first-order valence-electron chi connectivity index (χ1n) is 6.16. The van der Waals surface area contributed by atoms with E-state index in [9.17, 15) is 9.90 Å². The van der Waals surface area contributed by atoms with E-state index in [1.165, 1.54) is 0 Å². The van der Waals surface area contributed by atoms with E-state index < -0.39 is 6.10 Å². The fourth-order valence-electron chi connectivity index (χ4n) is 1.63. The summed E-state index contributed by atoms with van der Waals surface area (Å²) in [7, 11) is 1.63. The Hall–Kier alpha value is -1.55. The van der Waals surface area contributed by atoms with E-state index in [-0.39, 0.29) is 5.91 Å². The van der Waals surface area contributed by atoms with E-state index in [4.69, 9.17) is 4.74 Å². The lowest BCUT2D eigenvalue weighted by molar-refractivity contribution is -0.120. The Morgan fingerprint density at radius 2 is 2.22 bits per heavy atom. The van der Waals surface area contributed by atoms with Crippen molar-refractivity contribution in [3.63, 3.8) is 0 Å². The van der Waals surface area contributed by atoms with Gasteiger partial charge in [-0.15, -0.1) is 0 Å². The maximum atomic E-state index is 11.0. The van der Waals surface area contributed by atoms with Gasteiger partial charge in [0.15, 0.2) is 0 Å². The summed E-state index contributed by atoms with van der Waals surface area (Å²) >= 11 is 0. The van der Waals surface area contributed by atoms with Crippen molar-refractivity contribution in [1.29, 1.82) is 0 Å². The number of nitrogens with one attached hydrogen (secondary N) is 1. The number of hydrogen-bond donors (Lipinski definition) is 2. The Kier molecular flexibility index (Phi) is 5.65. The first kappa shape index (κ1) is 14.5. The van der Waals surface area contributed by atoms with Gasteiger partial charge < -0.3 is 15.2 Å². The van der Waals surface area contributed by atoms with Gasteiger partial charge in [0, 0.05) is 13.5 Å². The monoisotopic (exact) mass is 251 g/mol. The van der Waals surface area contributed by atoms with Crippen LogP contribution in [0.25, 0.3) is 0 Å². The van der Waals surface area contributed by atoms with Crippen LogP contribution < -0.4 is 10.1 Å². The van der Waals surface area contributed by atoms with E-state index in [0.29, 0.717) is 19.4 Å². The minimum absolute atomic E-state index is 0.0276. The molecule has 0 saturated heterocycles. The number of amides is 1. The lowest BCUT2D eigenvalue weighted by Crippen LogP contribution is -2.18. The van der Waals surface area contributed by atoms with Crippen LogP contribution in [0.1, 0.15) is 37.0 Å². The van der Waals surface area contributed by atoms with Crippen LogP contribution in [-0.2, 0) is 4.79 Å². The van der Waals surface area contributed by atoms with Gasteiger partial charge in [0.2, 0.25) is 5.91 Å². The van der Waals surface area contributed by atoms with Crippen LogP contribution in [0, 0.1) is 6.92 Å². The summed E-state index contributed by atoms with van der Waals surface area (Å²) in [5.74, 6) is 0.830. The maximum Gasteiger partial charge on any atom is 0.219 e. The van der Waals surface area contributed by atoms with E-state index in [1.54, 1.807) is 14.0 Å². The molecule has 4 heteroatoms. The lowest BCUT2D eigenvalue weighted by Gasteiger charge is -2.11. The lowest BCUT2D eigenvalue weighted by atomic mass is 10.1. The van der Waals surface area contributed by atoms with Crippen LogP contribution >= 0.6 is 0 Å². The molecule has 1 aromatic rings. The van der Waals surface area contributed by atoms with E-state index in [2.05, 4.69) is 5.32 Å². The van der Waals surface area contributed by atoms with Gasteiger partial charge in [0.05, 0.1) is 12.7 Å². The number of aryl methyl sites for hydroxylation is 1. The first-order valence-corrected chi connectivity index (χ1v) is 6.16. The summed E-state index contributed by atoms with van der Waals surface area (Å²) in [4.78, 5) is 11.0. The van der Waals surface area contributed by atoms with Crippen molar-refractivity contribution in [3.8, 4) is 5.75 Å². The van der Waals surface area contributed by atoms with E-state index >= 15 is 0 Å². The molecule has 0 aliphatic rings. The number of benzene rings is 1. The van der Waals surface area contributed by atoms with E-state index in [0.717, 1.165) is 16.9 Å². The highest BCUT2D eigenvalue weighted by Crippen LogP contribution is 2.22. The highest BCUT2D eigenvalue weighted by Gasteiger charge is 2.05. The molecule has 1 rings (SSSR count). The molecular weight excluding hydrogens is 230 g/mol. The zero-order chi connectivity index (χ0) is 13.5. The summed E-state index contributed by atoms with van der Waals surface area (Å²) < 4.78 is 5.60. The van der Waals surface area contributed by atoms with Crippen molar-refractivity contribution >= 4 is 5.91 Å². The molecule has 1 unspecified atom stereocenters. The number of ether oxygens (including phenoxy) is 1. The van der Waals surface area contributed by atoms with Crippen LogP contribution in [0.2, 0.25) is 0 Å². The standard InChI is InChI=1S/C14H21NO3/c1-10-9-12(11(2)16)6-7-13(10)18-8-4-5-14(17)15-3/h6-7,9,11,16H,4-5,8H2,1-3H3,(H,15,17). The van der Waals surface area contributed by atoms with Crippen molar-refractivity contribution < 1.29 is 14.6 Å². The zero-order valence-corrected chi connectivity index (χ0v) is 11.2. The van der Waals surface area contributed by atoms with Crippen molar-refractivity contribution in [2.45, 2.75) is 32.8 Å². The molecule has 2 N–H and O–H groups in total. The highest BCUT2D eigenvalue weighted by molar-refractivity contribution is 5.75. The summed E-state index contributed by atoms with van der Waals surface area (Å²) in [6.45, 7) is 4.20. The normalized spacial score (nSPS) is 12.0. The maximum absolute atomic E-state index is 11.0. The molecule has 0 spiro atoms. The Labute approximate surface area is 108 Å². The highest BCUT2D eigenvalue weighted by atomic mass is 16.5. The molecule has 0 aromatic heterocycles. The van der Waals surface area contributed by atoms with Gasteiger partial charge in [-0.2, -0.15) is 0 Å². The van der Waals surface area contributed by atoms with Crippen LogP contribution in [-0.4, -0.2) is 24.7 Å². The molecule has 0 aliphatic heterocycles. The fourth-order valence-corrected chi connectivity index (χ4v) is 1.63. The molecule has 0 aliphatic carbocycles. The second-order valence-electron chi connectivity index (χ2n) is 4.33. The Bertz CT molecular complexity index is 402. The predicted octanol–water partition coefficient (Wildman–Crippen LogP) is 1.95. The van der Waals surface area contributed by atoms with Gasteiger partial charge in [0.1, 0.15) is 5.75 Å². The first-order chi connectivity index (χ1) is 8.54. The molecule has 0 bridgehead atoms. The quantitative estimate of drug-likeness (QED) is 0.760. The smallest absolute Gasteiger partial charge is 0.219 e. The largest absolute Gasteiger partial charge is 0.493 e. The van der Waals surface area contributed by atoms with Crippen molar-refractivity contribution in [1.82, 2.24) is 5.32 Å². The van der Waals surface area contributed by atoms with Gasteiger partial charge in [-0.1, -0.05) is 6.07 Å². The number of aliphatic hydroxyl groups is 1. The molecule has 4 nitrogen and oxygen atoms in total. The van der Waals surface area contributed by atoms with Crippen LogP contribution in [0.4, 0.5) is 0 Å².